The van der Waals surface area contributed by atoms with Crippen molar-refractivity contribution in [3.8, 4) is 39.1 Å². The number of rotatable bonds is 4. The normalized spacial score (nSPS) is 10.5. The van der Waals surface area contributed by atoms with E-state index >= 15 is 0 Å². The first-order chi connectivity index (χ1) is 13.7. The van der Waals surface area contributed by atoms with E-state index in [1.165, 1.54) is 29.2 Å². The van der Waals surface area contributed by atoms with Gasteiger partial charge in [0.25, 0.3) is 0 Å². The summed E-state index contributed by atoms with van der Waals surface area (Å²) < 4.78 is 5.08. The van der Waals surface area contributed by atoms with E-state index in [1.807, 2.05) is 30.3 Å². The Kier molecular flexibility index (Phi) is 5.03. The van der Waals surface area contributed by atoms with Crippen molar-refractivity contribution in [1.29, 1.82) is 0 Å². The molecule has 0 saturated carbocycles. The lowest BCUT2D eigenvalue weighted by Crippen LogP contribution is -2.00. The van der Waals surface area contributed by atoms with Crippen LogP contribution in [-0.2, 0) is 4.79 Å². The molecule has 0 aliphatic rings. The molecule has 2 heteroatoms. The Hall–Kier alpha value is -3.65. The molecule has 0 aliphatic carbocycles. The van der Waals surface area contributed by atoms with Gasteiger partial charge in [-0.25, -0.2) is 0 Å². The minimum absolute atomic E-state index is 0.310. The molecule has 136 valence electrons. The van der Waals surface area contributed by atoms with Gasteiger partial charge < -0.3 is 4.74 Å². The summed E-state index contributed by atoms with van der Waals surface area (Å²) in [6.07, 6.45) is 0. The van der Waals surface area contributed by atoms with Crippen LogP contribution in [0.1, 0.15) is 6.92 Å². The third kappa shape index (κ3) is 4.02. The van der Waals surface area contributed by atoms with Crippen molar-refractivity contribution in [2.24, 2.45) is 0 Å². The van der Waals surface area contributed by atoms with Crippen molar-refractivity contribution >= 4 is 5.97 Å². The maximum Gasteiger partial charge on any atom is 0.308 e. The van der Waals surface area contributed by atoms with Gasteiger partial charge in [-0.05, 0) is 45.5 Å². The van der Waals surface area contributed by atoms with Gasteiger partial charge in [0.1, 0.15) is 5.75 Å². The molecule has 0 aromatic heterocycles. The lowest BCUT2D eigenvalue weighted by Gasteiger charge is -2.07. The van der Waals surface area contributed by atoms with Crippen molar-refractivity contribution < 1.29 is 9.53 Å². The number of carbonyl (C=O) groups is 1. The highest BCUT2D eigenvalue weighted by atomic mass is 16.5. The Labute approximate surface area is 165 Å². The summed E-state index contributed by atoms with van der Waals surface area (Å²) in [4.78, 5) is 11.0. The summed E-state index contributed by atoms with van der Waals surface area (Å²) in [5.41, 5.74) is 7.02. The van der Waals surface area contributed by atoms with Gasteiger partial charge in [-0.15, -0.1) is 0 Å². The van der Waals surface area contributed by atoms with Gasteiger partial charge in [-0.3, -0.25) is 4.79 Å². The Bertz CT molecular complexity index is 1060. The largest absolute Gasteiger partial charge is 0.427 e. The second-order valence-corrected chi connectivity index (χ2v) is 6.64. The molecule has 0 unspecified atom stereocenters. The third-order valence-corrected chi connectivity index (χ3v) is 4.66. The van der Waals surface area contributed by atoms with Crippen molar-refractivity contribution in [2.45, 2.75) is 6.92 Å². The lowest BCUT2D eigenvalue weighted by molar-refractivity contribution is -0.131. The van der Waals surface area contributed by atoms with Crippen molar-refractivity contribution in [2.75, 3.05) is 0 Å². The fourth-order valence-corrected chi connectivity index (χ4v) is 3.22. The maximum atomic E-state index is 11.0. The summed E-state index contributed by atoms with van der Waals surface area (Å²) in [5.74, 6) is 0.252. The molecule has 4 rings (SSSR count). The van der Waals surface area contributed by atoms with Gasteiger partial charge in [0.15, 0.2) is 0 Å². The van der Waals surface area contributed by atoms with E-state index in [9.17, 15) is 4.79 Å². The van der Waals surface area contributed by atoms with E-state index in [1.54, 1.807) is 0 Å². The van der Waals surface area contributed by atoms with E-state index in [0.29, 0.717) is 5.75 Å². The Morgan fingerprint density at radius 1 is 0.500 bits per heavy atom. The van der Waals surface area contributed by atoms with Crippen molar-refractivity contribution in [3.63, 3.8) is 0 Å². The summed E-state index contributed by atoms with van der Waals surface area (Å²) >= 11 is 0. The maximum absolute atomic E-state index is 11.0. The highest BCUT2D eigenvalue weighted by Crippen LogP contribution is 2.28. The van der Waals surface area contributed by atoms with E-state index in [0.717, 1.165) is 11.1 Å². The highest BCUT2D eigenvalue weighted by molar-refractivity contribution is 5.74. The predicted molar refractivity (Wildman–Crippen MR) is 114 cm³/mol. The van der Waals surface area contributed by atoms with Crippen LogP contribution in [0.15, 0.2) is 103 Å². The van der Waals surface area contributed by atoms with Gasteiger partial charge in [-0.2, -0.15) is 0 Å². The van der Waals surface area contributed by atoms with Crippen LogP contribution in [0, 0.1) is 0 Å². The molecule has 0 radical (unpaired) electrons. The van der Waals surface area contributed by atoms with E-state index < -0.39 is 0 Å². The quantitative estimate of drug-likeness (QED) is 0.301. The van der Waals surface area contributed by atoms with Crippen LogP contribution < -0.4 is 4.74 Å². The molecule has 0 bridgehead atoms. The summed E-state index contributed by atoms with van der Waals surface area (Å²) in [5, 5.41) is 0. The zero-order chi connectivity index (χ0) is 19.3. The van der Waals surface area contributed by atoms with Crippen LogP contribution in [0.25, 0.3) is 33.4 Å². The van der Waals surface area contributed by atoms with E-state index in [4.69, 9.17) is 4.74 Å². The molecule has 4 aromatic carbocycles. The molecule has 0 fully saturated rings. The molecule has 0 N–H and O–H groups in total. The number of esters is 1. The first-order valence-electron chi connectivity index (χ1n) is 9.24. The minimum atomic E-state index is -0.310. The van der Waals surface area contributed by atoms with E-state index in [-0.39, 0.29) is 5.97 Å². The second-order valence-electron chi connectivity index (χ2n) is 6.64. The molecular formula is C26H20O2. The highest BCUT2D eigenvalue weighted by Gasteiger charge is 2.03. The molecule has 0 atom stereocenters. The van der Waals surface area contributed by atoms with Gasteiger partial charge >= 0.3 is 5.97 Å². The SMILES string of the molecule is CC(=O)Oc1ccc(-c2ccc(-c3ccc(-c4ccccc4)cc3)cc2)cc1. The van der Waals surface area contributed by atoms with Crippen molar-refractivity contribution in [1.82, 2.24) is 0 Å². The number of carbonyl (C=O) groups excluding carboxylic acids is 1. The molecule has 4 aromatic rings. The molecule has 2 nitrogen and oxygen atoms in total. The van der Waals surface area contributed by atoms with Gasteiger partial charge in [0.05, 0.1) is 0 Å². The average molecular weight is 364 g/mol. The van der Waals surface area contributed by atoms with Crippen molar-refractivity contribution in [3.05, 3.63) is 103 Å². The van der Waals surface area contributed by atoms with Gasteiger partial charge in [0.2, 0.25) is 0 Å². The predicted octanol–water partition coefficient (Wildman–Crippen LogP) is 6.61. The average Bonchev–Trinajstić information content (AvgIpc) is 2.75. The van der Waals surface area contributed by atoms with E-state index in [2.05, 4.69) is 72.8 Å². The Balaban J connectivity index is 1.52. The Morgan fingerprint density at radius 3 is 1.18 bits per heavy atom. The Morgan fingerprint density at radius 2 is 0.821 bits per heavy atom. The third-order valence-electron chi connectivity index (χ3n) is 4.66. The smallest absolute Gasteiger partial charge is 0.308 e. The van der Waals surface area contributed by atoms with Gasteiger partial charge in [-0.1, -0.05) is 91.0 Å². The van der Waals surface area contributed by atoms with Gasteiger partial charge in [0, 0.05) is 6.92 Å². The second kappa shape index (κ2) is 7.93. The first kappa shape index (κ1) is 17.7. The lowest BCUT2D eigenvalue weighted by atomic mass is 9.98. The molecule has 0 spiro atoms. The van der Waals surface area contributed by atoms with Crippen LogP contribution >= 0.6 is 0 Å². The number of hydrogen-bond donors (Lipinski definition) is 0. The summed E-state index contributed by atoms with van der Waals surface area (Å²) in [6.45, 7) is 1.40. The zero-order valence-electron chi connectivity index (χ0n) is 15.6. The van der Waals surface area contributed by atoms with Crippen LogP contribution in [0.3, 0.4) is 0 Å². The molecule has 0 heterocycles. The summed E-state index contributed by atoms with van der Waals surface area (Å²) in [7, 11) is 0. The molecular weight excluding hydrogens is 344 g/mol. The standard InChI is InChI=1S/C26H20O2/c1-19(27)28-26-17-15-25(16-18-26)24-13-11-23(12-14-24)22-9-7-21(8-10-22)20-5-3-2-4-6-20/h2-18H,1H3. The van der Waals surface area contributed by atoms with Crippen LogP contribution in [0.2, 0.25) is 0 Å². The monoisotopic (exact) mass is 364 g/mol. The zero-order valence-corrected chi connectivity index (χ0v) is 15.6. The minimum Gasteiger partial charge on any atom is -0.427 e. The molecule has 0 saturated heterocycles. The first-order valence-corrected chi connectivity index (χ1v) is 9.24. The van der Waals surface area contributed by atoms with Crippen LogP contribution in [0.5, 0.6) is 5.75 Å². The number of benzene rings is 4. The fraction of sp³-hybridized carbons (Fsp3) is 0.0385. The fourth-order valence-electron chi connectivity index (χ4n) is 3.22. The van der Waals surface area contributed by atoms with Crippen LogP contribution in [-0.4, -0.2) is 5.97 Å². The topological polar surface area (TPSA) is 26.3 Å². The summed E-state index contributed by atoms with van der Waals surface area (Å²) in [6, 6.07) is 35.1. The molecule has 0 amide bonds. The number of ether oxygens (including phenoxy) is 1. The number of hydrogen-bond acceptors (Lipinski definition) is 2. The molecule has 28 heavy (non-hydrogen) atoms. The van der Waals surface area contributed by atoms with Crippen LogP contribution in [0.4, 0.5) is 0 Å². The molecule has 0 aliphatic heterocycles.